The fraction of sp³-hybridized carbons (Fsp3) is 0.455. The molecule has 0 aliphatic heterocycles. The van der Waals surface area contributed by atoms with Gasteiger partial charge in [0.15, 0.2) is 0 Å². The van der Waals surface area contributed by atoms with Gasteiger partial charge in [-0.3, -0.25) is 0 Å². The van der Waals surface area contributed by atoms with Crippen LogP contribution in [0.5, 0.6) is 0 Å². The van der Waals surface area contributed by atoms with Crippen LogP contribution in [0.3, 0.4) is 0 Å². The molecule has 0 aliphatic rings. The van der Waals surface area contributed by atoms with E-state index in [9.17, 15) is 0 Å². The van der Waals surface area contributed by atoms with Gasteiger partial charge in [-0.05, 0) is 5.56 Å². The molecule has 1 aromatic rings. The zero-order valence-electron chi connectivity index (χ0n) is 9.12. The summed E-state index contributed by atoms with van der Waals surface area (Å²) in [5, 5.41) is 0. The summed E-state index contributed by atoms with van der Waals surface area (Å²) in [7, 11) is 8.50. The maximum absolute atomic E-state index is 5.35. The van der Waals surface area contributed by atoms with Crippen LogP contribution in [-0.4, -0.2) is 32.7 Å². The van der Waals surface area contributed by atoms with Gasteiger partial charge in [-0.25, -0.2) is 0 Å². The van der Waals surface area contributed by atoms with Crippen LogP contribution in [-0.2, 0) is 6.54 Å². The second kappa shape index (κ2) is 5.73. The quantitative estimate of drug-likeness (QED) is 0.652. The summed E-state index contributed by atoms with van der Waals surface area (Å²) < 4.78 is 1.00. The van der Waals surface area contributed by atoms with Crippen LogP contribution in [0.15, 0.2) is 30.3 Å². The van der Waals surface area contributed by atoms with Gasteiger partial charge in [0.25, 0.3) is 0 Å². The van der Waals surface area contributed by atoms with Crippen LogP contribution in [0, 0.1) is 0 Å². The van der Waals surface area contributed by atoms with E-state index in [1.54, 1.807) is 0 Å². The van der Waals surface area contributed by atoms with Crippen molar-refractivity contribution in [2.45, 2.75) is 6.54 Å². The fourth-order valence-corrected chi connectivity index (χ4v) is 0.614. The standard InChI is InChI=1S/C7H9N.C4H12N/c8-6-7-4-2-1-3-5-7;1-5(2,3)4/h1-5H,6,8H2;1-4H3/q;+1. The number of benzene rings is 1. The van der Waals surface area contributed by atoms with E-state index >= 15 is 0 Å². The predicted octanol–water partition coefficient (Wildman–Crippen LogP) is 1.47. The van der Waals surface area contributed by atoms with E-state index in [1.165, 1.54) is 5.56 Å². The Hall–Kier alpha value is -0.860. The Bertz CT molecular complexity index is 205. The van der Waals surface area contributed by atoms with E-state index in [0.717, 1.165) is 4.48 Å². The van der Waals surface area contributed by atoms with Crippen molar-refractivity contribution in [1.82, 2.24) is 0 Å². The molecule has 0 unspecified atom stereocenters. The summed E-state index contributed by atoms with van der Waals surface area (Å²) in [6.45, 7) is 0.640. The van der Waals surface area contributed by atoms with E-state index in [-0.39, 0.29) is 0 Å². The summed E-state index contributed by atoms with van der Waals surface area (Å²) >= 11 is 0. The van der Waals surface area contributed by atoms with Gasteiger partial charge in [-0.2, -0.15) is 0 Å². The van der Waals surface area contributed by atoms with Crippen LogP contribution >= 0.6 is 0 Å². The number of hydrogen-bond acceptors (Lipinski definition) is 1. The number of rotatable bonds is 1. The van der Waals surface area contributed by atoms with Gasteiger partial charge >= 0.3 is 0 Å². The minimum atomic E-state index is 0.640. The van der Waals surface area contributed by atoms with Crippen LogP contribution in [0.4, 0.5) is 0 Å². The molecule has 0 saturated carbocycles. The van der Waals surface area contributed by atoms with Crippen molar-refractivity contribution in [2.75, 3.05) is 28.2 Å². The summed E-state index contributed by atoms with van der Waals surface area (Å²) in [5.41, 5.74) is 6.54. The van der Waals surface area contributed by atoms with Crippen molar-refractivity contribution in [3.05, 3.63) is 35.9 Å². The molecule has 0 saturated heterocycles. The first-order valence-corrected chi connectivity index (χ1v) is 4.46. The van der Waals surface area contributed by atoms with Crippen molar-refractivity contribution < 1.29 is 4.48 Å². The molecule has 0 atom stereocenters. The molecule has 0 amide bonds. The van der Waals surface area contributed by atoms with Crippen molar-refractivity contribution in [3.8, 4) is 0 Å². The highest BCUT2D eigenvalue weighted by Gasteiger charge is 1.88. The second-order valence-electron chi connectivity index (χ2n) is 4.37. The van der Waals surface area contributed by atoms with E-state index in [1.807, 2.05) is 30.3 Å². The molecule has 1 rings (SSSR count). The summed E-state index contributed by atoms with van der Waals surface area (Å²) in [5.74, 6) is 0. The number of nitrogens with zero attached hydrogens (tertiary/aromatic N) is 1. The monoisotopic (exact) mass is 181 g/mol. The third-order valence-electron chi connectivity index (χ3n) is 1.08. The smallest absolute Gasteiger partial charge is 0.0675 e. The van der Waals surface area contributed by atoms with Crippen molar-refractivity contribution in [1.29, 1.82) is 0 Å². The first-order chi connectivity index (χ1) is 5.93. The van der Waals surface area contributed by atoms with E-state index < -0.39 is 0 Å². The number of nitrogens with two attached hydrogens (primary N) is 1. The SMILES string of the molecule is C[N+](C)(C)C.NCc1ccccc1. The summed E-state index contributed by atoms with van der Waals surface area (Å²) in [6.07, 6.45) is 0. The Morgan fingerprint density at radius 3 is 1.62 bits per heavy atom. The Morgan fingerprint density at radius 1 is 1.00 bits per heavy atom. The zero-order chi connectivity index (χ0) is 10.3. The normalized spacial score (nSPS) is 10.2. The molecule has 2 heteroatoms. The van der Waals surface area contributed by atoms with Gasteiger partial charge in [0.05, 0.1) is 28.2 Å². The van der Waals surface area contributed by atoms with Crippen LogP contribution in [0.2, 0.25) is 0 Å². The number of hydrogen-bond donors (Lipinski definition) is 1. The first kappa shape index (κ1) is 12.1. The molecule has 0 aliphatic carbocycles. The highest BCUT2D eigenvalue weighted by atomic mass is 15.2. The highest BCUT2D eigenvalue weighted by Crippen LogP contribution is 1.94. The van der Waals surface area contributed by atoms with Crippen molar-refractivity contribution >= 4 is 0 Å². The Kier molecular flexibility index (Phi) is 5.35. The van der Waals surface area contributed by atoms with Crippen LogP contribution in [0.25, 0.3) is 0 Å². The van der Waals surface area contributed by atoms with Gasteiger partial charge < -0.3 is 10.2 Å². The van der Waals surface area contributed by atoms with Crippen LogP contribution in [0.1, 0.15) is 5.56 Å². The third-order valence-corrected chi connectivity index (χ3v) is 1.08. The van der Waals surface area contributed by atoms with E-state index in [4.69, 9.17) is 5.73 Å². The van der Waals surface area contributed by atoms with Gasteiger partial charge in [0.2, 0.25) is 0 Å². The lowest BCUT2D eigenvalue weighted by molar-refractivity contribution is -0.849. The fourth-order valence-electron chi connectivity index (χ4n) is 0.614. The van der Waals surface area contributed by atoms with E-state index in [2.05, 4.69) is 28.2 Å². The molecule has 0 aromatic heterocycles. The average Bonchev–Trinajstić information content (AvgIpc) is 2.03. The predicted molar refractivity (Wildman–Crippen MR) is 58.3 cm³/mol. The van der Waals surface area contributed by atoms with Crippen LogP contribution < -0.4 is 5.73 Å². The molecular weight excluding hydrogens is 160 g/mol. The average molecular weight is 181 g/mol. The Morgan fingerprint density at radius 2 is 1.38 bits per heavy atom. The molecule has 0 bridgehead atoms. The summed E-state index contributed by atoms with van der Waals surface area (Å²) in [6, 6.07) is 9.99. The molecule has 13 heavy (non-hydrogen) atoms. The Balaban J connectivity index is 0.000000252. The minimum Gasteiger partial charge on any atom is -0.333 e. The third kappa shape index (κ3) is 11.1. The molecule has 0 spiro atoms. The molecule has 0 radical (unpaired) electrons. The lowest BCUT2D eigenvalue weighted by Gasteiger charge is -2.14. The van der Waals surface area contributed by atoms with Gasteiger partial charge in [-0.1, -0.05) is 30.3 Å². The van der Waals surface area contributed by atoms with Gasteiger partial charge in [-0.15, -0.1) is 0 Å². The topological polar surface area (TPSA) is 26.0 Å². The lowest BCUT2D eigenvalue weighted by atomic mass is 10.2. The first-order valence-electron chi connectivity index (χ1n) is 4.46. The molecule has 1 aromatic carbocycles. The molecule has 0 heterocycles. The van der Waals surface area contributed by atoms with Gasteiger partial charge in [0.1, 0.15) is 0 Å². The molecule has 2 nitrogen and oxygen atoms in total. The molecule has 74 valence electrons. The number of quaternary nitrogens is 1. The van der Waals surface area contributed by atoms with Gasteiger partial charge in [0, 0.05) is 6.54 Å². The molecule has 2 N–H and O–H groups in total. The Labute approximate surface area is 81.6 Å². The maximum Gasteiger partial charge on any atom is 0.0675 e. The van der Waals surface area contributed by atoms with Crippen molar-refractivity contribution in [2.24, 2.45) is 5.73 Å². The molecule has 0 fully saturated rings. The lowest BCUT2D eigenvalue weighted by Crippen LogP contribution is -2.27. The summed E-state index contributed by atoms with van der Waals surface area (Å²) in [4.78, 5) is 0. The maximum atomic E-state index is 5.35. The van der Waals surface area contributed by atoms with Crippen molar-refractivity contribution in [3.63, 3.8) is 0 Å². The highest BCUT2D eigenvalue weighted by molar-refractivity contribution is 5.13. The molecular formula is C11H21N2+. The van der Waals surface area contributed by atoms with E-state index in [0.29, 0.717) is 6.54 Å². The minimum absolute atomic E-state index is 0.640. The largest absolute Gasteiger partial charge is 0.333 e. The zero-order valence-corrected chi connectivity index (χ0v) is 9.12. The second-order valence-corrected chi connectivity index (χ2v) is 4.37.